The van der Waals surface area contributed by atoms with E-state index >= 15 is 0 Å². The number of ether oxygens (including phenoxy) is 3. The SMILES string of the molecule is CCOc1ccc(N)cc1C(OCC)OCC. The Morgan fingerprint density at radius 2 is 1.71 bits per heavy atom. The molecule has 0 atom stereocenters. The van der Waals surface area contributed by atoms with E-state index in [1.165, 1.54) is 0 Å². The van der Waals surface area contributed by atoms with Crippen LogP contribution in [-0.4, -0.2) is 19.8 Å². The summed E-state index contributed by atoms with van der Waals surface area (Å²) in [7, 11) is 0. The van der Waals surface area contributed by atoms with Crippen LogP contribution in [0.2, 0.25) is 0 Å². The Kier molecular flexibility index (Phi) is 5.80. The molecule has 0 radical (unpaired) electrons. The molecule has 0 fully saturated rings. The summed E-state index contributed by atoms with van der Waals surface area (Å²) in [5.41, 5.74) is 7.30. The average Bonchev–Trinajstić information content (AvgIpc) is 2.31. The van der Waals surface area contributed by atoms with Crippen LogP contribution in [0, 0.1) is 0 Å². The van der Waals surface area contributed by atoms with Crippen LogP contribution in [-0.2, 0) is 9.47 Å². The van der Waals surface area contributed by atoms with Crippen molar-refractivity contribution in [2.75, 3.05) is 25.6 Å². The molecular formula is C13H21NO3. The van der Waals surface area contributed by atoms with Gasteiger partial charge < -0.3 is 19.9 Å². The fourth-order valence-corrected chi connectivity index (χ4v) is 1.57. The molecule has 0 saturated heterocycles. The predicted molar refractivity (Wildman–Crippen MR) is 68.0 cm³/mol. The van der Waals surface area contributed by atoms with E-state index in [0.717, 1.165) is 11.3 Å². The Bertz CT molecular complexity index is 335. The van der Waals surface area contributed by atoms with Gasteiger partial charge in [-0.25, -0.2) is 0 Å². The molecule has 0 aliphatic carbocycles. The van der Waals surface area contributed by atoms with Crippen LogP contribution >= 0.6 is 0 Å². The van der Waals surface area contributed by atoms with Crippen molar-refractivity contribution in [3.05, 3.63) is 23.8 Å². The lowest BCUT2D eigenvalue weighted by Crippen LogP contribution is -2.11. The maximum absolute atomic E-state index is 5.79. The van der Waals surface area contributed by atoms with Crippen molar-refractivity contribution in [3.8, 4) is 5.75 Å². The van der Waals surface area contributed by atoms with Gasteiger partial charge in [-0.05, 0) is 39.0 Å². The Balaban J connectivity index is 3.00. The van der Waals surface area contributed by atoms with Crippen molar-refractivity contribution in [1.29, 1.82) is 0 Å². The lowest BCUT2D eigenvalue weighted by molar-refractivity contribution is -0.141. The lowest BCUT2D eigenvalue weighted by Gasteiger charge is -2.20. The molecule has 0 amide bonds. The molecule has 0 aliphatic heterocycles. The van der Waals surface area contributed by atoms with Crippen LogP contribution in [0.15, 0.2) is 18.2 Å². The fraction of sp³-hybridized carbons (Fsp3) is 0.538. The van der Waals surface area contributed by atoms with Gasteiger partial charge in [-0.15, -0.1) is 0 Å². The third-order valence-electron chi connectivity index (χ3n) is 2.22. The van der Waals surface area contributed by atoms with Gasteiger partial charge in [-0.2, -0.15) is 0 Å². The first-order chi connectivity index (χ1) is 8.22. The maximum atomic E-state index is 5.79. The van der Waals surface area contributed by atoms with Gasteiger partial charge in [0, 0.05) is 18.9 Å². The average molecular weight is 239 g/mol. The third-order valence-corrected chi connectivity index (χ3v) is 2.22. The van der Waals surface area contributed by atoms with Crippen molar-refractivity contribution in [2.45, 2.75) is 27.1 Å². The van der Waals surface area contributed by atoms with E-state index in [1.54, 1.807) is 0 Å². The number of nitrogen functional groups attached to an aromatic ring is 1. The van der Waals surface area contributed by atoms with Gasteiger partial charge in [0.15, 0.2) is 6.29 Å². The standard InChI is InChI=1S/C13H21NO3/c1-4-15-12-8-7-10(14)9-11(12)13(16-5-2)17-6-3/h7-9,13H,4-6,14H2,1-3H3. The molecule has 4 nitrogen and oxygen atoms in total. The molecule has 17 heavy (non-hydrogen) atoms. The second-order valence-corrected chi connectivity index (χ2v) is 3.47. The van der Waals surface area contributed by atoms with Crippen LogP contribution in [0.25, 0.3) is 0 Å². The molecule has 0 bridgehead atoms. The van der Waals surface area contributed by atoms with Crippen molar-refractivity contribution in [1.82, 2.24) is 0 Å². The normalized spacial score (nSPS) is 10.8. The summed E-state index contributed by atoms with van der Waals surface area (Å²) in [4.78, 5) is 0. The largest absolute Gasteiger partial charge is 0.493 e. The molecule has 0 aliphatic rings. The van der Waals surface area contributed by atoms with E-state index in [-0.39, 0.29) is 0 Å². The molecule has 0 heterocycles. The van der Waals surface area contributed by atoms with E-state index in [0.29, 0.717) is 25.5 Å². The summed E-state index contributed by atoms with van der Waals surface area (Å²) >= 11 is 0. The Morgan fingerprint density at radius 3 is 2.24 bits per heavy atom. The van der Waals surface area contributed by atoms with Crippen molar-refractivity contribution < 1.29 is 14.2 Å². The number of anilines is 1. The van der Waals surface area contributed by atoms with Gasteiger partial charge in [0.05, 0.1) is 12.2 Å². The van der Waals surface area contributed by atoms with E-state index in [9.17, 15) is 0 Å². The molecule has 1 rings (SSSR count). The molecule has 0 spiro atoms. The number of rotatable bonds is 7. The fourth-order valence-electron chi connectivity index (χ4n) is 1.57. The molecule has 0 saturated carbocycles. The number of nitrogens with two attached hydrogens (primary N) is 1. The van der Waals surface area contributed by atoms with Gasteiger partial charge in [-0.1, -0.05) is 0 Å². The van der Waals surface area contributed by atoms with Gasteiger partial charge in [0.25, 0.3) is 0 Å². The quantitative estimate of drug-likeness (QED) is 0.587. The molecule has 96 valence electrons. The molecule has 2 N–H and O–H groups in total. The third kappa shape index (κ3) is 3.91. The van der Waals surface area contributed by atoms with Crippen LogP contribution in [0.4, 0.5) is 5.69 Å². The number of hydrogen-bond acceptors (Lipinski definition) is 4. The first-order valence-corrected chi connectivity index (χ1v) is 5.98. The van der Waals surface area contributed by atoms with E-state index in [4.69, 9.17) is 19.9 Å². The van der Waals surface area contributed by atoms with Gasteiger partial charge in [-0.3, -0.25) is 0 Å². The van der Waals surface area contributed by atoms with Crippen molar-refractivity contribution >= 4 is 5.69 Å². The highest BCUT2D eigenvalue weighted by Gasteiger charge is 2.17. The van der Waals surface area contributed by atoms with Gasteiger partial charge in [0.1, 0.15) is 5.75 Å². The maximum Gasteiger partial charge on any atom is 0.187 e. The zero-order chi connectivity index (χ0) is 12.7. The zero-order valence-electron chi connectivity index (χ0n) is 10.7. The number of hydrogen-bond donors (Lipinski definition) is 1. The van der Waals surface area contributed by atoms with Gasteiger partial charge >= 0.3 is 0 Å². The minimum atomic E-state index is -0.421. The summed E-state index contributed by atoms with van der Waals surface area (Å²) in [6.45, 7) is 7.55. The molecule has 0 unspecified atom stereocenters. The Morgan fingerprint density at radius 1 is 1.06 bits per heavy atom. The monoisotopic (exact) mass is 239 g/mol. The summed E-state index contributed by atoms with van der Waals surface area (Å²) in [6.07, 6.45) is -0.421. The Hall–Kier alpha value is -1.26. The second-order valence-electron chi connectivity index (χ2n) is 3.47. The minimum absolute atomic E-state index is 0.421. The lowest BCUT2D eigenvalue weighted by atomic mass is 10.1. The van der Waals surface area contributed by atoms with E-state index < -0.39 is 6.29 Å². The van der Waals surface area contributed by atoms with Crippen LogP contribution < -0.4 is 10.5 Å². The smallest absolute Gasteiger partial charge is 0.187 e. The zero-order valence-corrected chi connectivity index (χ0v) is 10.7. The minimum Gasteiger partial charge on any atom is -0.493 e. The summed E-state index contributed by atoms with van der Waals surface area (Å²) < 4.78 is 16.7. The first-order valence-electron chi connectivity index (χ1n) is 5.98. The molecule has 0 aromatic heterocycles. The van der Waals surface area contributed by atoms with E-state index in [2.05, 4.69) is 0 Å². The number of benzene rings is 1. The second kappa shape index (κ2) is 7.14. The first kappa shape index (κ1) is 13.8. The highest BCUT2D eigenvalue weighted by molar-refractivity contribution is 5.48. The highest BCUT2D eigenvalue weighted by atomic mass is 16.7. The van der Waals surface area contributed by atoms with Crippen molar-refractivity contribution in [2.24, 2.45) is 0 Å². The Labute approximate surface area is 103 Å². The van der Waals surface area contributed by atoms with Gasteiger partial charge in [0.2, 0.25) is 0 Å². The van der Waals surface area contributed by atoms with Crippen LogP contribution in [0.1, 0.15) is 32.6 Å². The van der Waals surface area contributed by atoms with Crippen LogP contribution in [0.5, 0.6) is 5.75 Å². The highest BCUT2D eigenvalue weighted by Crippen LogP contribution is 2.30. The topological polar surface area (TPSA) is 53.7 Å². The van der Waals surface area contributed by atoms with Crippen molar-refractivity contribution in [3.63, 3.8) is 0 Å². The summed E-state index contributed by atoms with van der Waals surface area (Å²) in [5, 5.41) is 0. The summed E-state index contributed by atoms with van der Waals surface area (Å²) in [5.74, 6) is 0.758. The molecule has 1 aromatic rings. The molecule has 1 aromatic carbocycles. The molecule has 4 heteroatoms. The molecular weight excluding hydrogens is 218 g/mol. The predicted octanol–water partition coefficient (Wildman–Crippen LogP) is 2.74. The van der Waals surface area contributed by atoms with E-state index in [1.807, 2.05) is 39.0 Å². The van der Waals surface area contributed by atoms with Crippen LogP contribution in [0.3, 0.4) is 0 Å². The summed E-state index contributed by atoms with van der Waals surface area (Å²) in [6, 6.07) is 5.49.